The first-order valence-electron chi connectivity index (χ1n) is 3.67. The zero-order chi connectivity index (χ0) is 9.68. The first-order valence-corrected chi connectivity index (χ1v) is 3.67. The summed E-state index contributed by atoms with van der Waals surface area (Å²) < 4.78 is 1.64. The van der Waals surface area contributed by atoms with Gasteiger partial charge in [-0.2, -0.15) is 4.57 Å². The number of rotatable bonds is 3. The molecule has 0 atom stereocenters. The molecule has 0 radical (unpaired) electrons. The molecule has 0 aliphatic rings. The molecule has 0 saturated carbocycles. The minimum atomic E-state index is -0.395. The van der Waals surface area contributed by atoms with Crippen LogP contribution >= 0.6 is 0 Å². The van der Waals surface area contributed by atoms with Gasteiger partial charge in [0, 0.05) is 17.7 Å². The van der Waals surface area contributed by atoms with Crippen molar-refractivity contribution in [3.63, 3.8) is 0 Å². The highest BCUT2D eigenvalue weighted by Crippen LogP contribution is 1.89. The van der Waals surface area contributed by atoms with Crippen LogP contribution in [0.3, 0.4) is 0 Å². The molecule has 76 valence electrons. The molecule has 5 nitrogen and oxygen atoms in total. The number of primary amides is 1. The first kappa shape index (κ1) is 12.4. The minimum Gasteiger partial charge on any atom is -1.00 e. The van der Waals surface area contributed by atoms with Gasteiger partial charge in [-0.15, -0.1) is 0 Å². The molecule has 3 N–H and O–H groups in total. The lowest BCUT2D eigenvalue weighted by atomic mass is 10.3. The lowest BCUT2D eigenvalue weighted by Crippen LogP contribution is -3.00. The Bertz CT molecular complexity index is 324. The van der Waals surface area contributed by atoms with Crippen molar-refractivity contribution in [3.8, 4) is 0 Å². The summed E-state index contributed by atoms with van der Waals surface area (Å²) in [5, 5.41) is 11.1. The lowest BCUT2D eigenvalue weighted by Gasteiger charge is -1.92. The molecular weight excluding hydrogens is 206 g/mol. The van der Waals surface area contributed by atoms with Crippen LogP contribution in [0.1, 0.15) is 5.56 Å². The van der Waals surface area contributed by atoms with Crippen LogP contribution in [-0.2, 0) is 11.3 Å². The summed E-state index contributed by atoms with van der Waals surface area (Å²) in [6, 6.07) is 3.42. The summed E-state index contributed by atoms with van der Waals surface area (Å²) >= 11 is 0. The number of carbonyl (C=O) groups excluding carboxylic acids is 1. The van der Waals surface area contributed by atoms with Crippen molar-refractivity contribution in [2.24, 2.45) is 10.9 Å². The van der Waals surface area contributed by atoms with E-state index in [1.165, 1.54) is 6.21 Å². The Morgan fingerprint density at radius 3 is 2.57 bits per heavy atom. The summed E-state index contributed by atoms with van der Waals surface area (Å²) in [5.41, 5.74) is 5.75. The highest BCUT2D eigenvalue weighted by Gasteiger charge is 2.03. The Balaban J connectivity index is 0.00000169. The van der Waals surface area contributed by atoms with Crippen molar-refractivity contribution in [1.82, 2.24) is 0 Å². The summed E-state index contributed by atoms with van der Waals surface area (Å²) in [6.45, 7) is 0.149. The Kier molecular flexibility index (Phi) is 5.24. The maximum Gasteiger partial charge on any atom is 0.283 e. The van der Waals surface area contributed by atoms with Crippen LogP contribution in [0.4, 0.5) is 0 Å². The molecule has 1 heterocycles. The van der Waals surface area contributed by atoms with Crippen molar-refractivity contribution in [1.29, 1.82) is 0 Å². The summed E-state index contributed by atoms with van der Waals surface area (Å²) in [5.74, 6) is -0.395. The van der Waals surface area contributed by atoms with Crippen LogP contribution in [0.25, 0.3) is 0 Å². The molecule has 0 aliphatic heterocycles. The van der Waals surface area contributed by atoms with E-state index in [0.717, 1.165) is 5.56 Å². The normalized spacial score (nSPS) is 9.71. The standard InChI is InChI=1S/C8H9N3O2.ClH/c9-8(12)6-11-3-1-7(2-4-11)5-10-13;/h1-5H,6H2,(H2,9,12);1H. The second kappa shape index (κ2) is 5.93. The van der Waals surface area contributed by atoms with Crippen LogP contribution in [0.2, 0.25) is 0 Å². The average Bonchev–Trinajstić information content (AvgIpc) is 2.08. The minimum absolute atomic E-state index is 0. The van der Waals surface area contributed by atoms with Gasteiger partial charge in [0.2, 0.25) is 6.54 Å². The van der Waals surface area contributed by atoms with Gasteiger partial charge in [0.1, 0.15) is 0 Å². The van der Waals surface area contributed by atoms with E-state index in [0.29, 0.717) is 0 Å². The Labute approximate surface area is 87.3 Å². The highest BCUT2D eigenvalue weighted by molar-refractivity contribution is 5.78. The lowest BCUT2D eigenvalue weighted by molar-refractivity contribution is -0.684. The van der Waals surface area contributed by atoms with Crippen LogP contribution in [0.5, 0.6) is 0 Å². The number of halogens is 1. The molecule has 14 heavy (non-hydrogen) atoms. The third-order valence-corrected chi connectivity index (χ3v) is 1.46. The van der Waals surface area contributed by atoms with E-state index >= 15 is 0 Å². The van der Waals surface area contributed by atoms with Gasteiger partial charge in [-0.1, -0.05) is 5.16 Å². The van der Waals surface area contributed by atoms with Gasteiger partial charge in [0.15, 0.2) is 12.4 Å². The van der Waals surface area contributed by atoms with Crippen molar-refractivity contribution < 1.29 is 27.0 Å². The van der Waals surface area contributed by atoms with Crippen LogP contribution in [0.15, 0.2) is 29.7 Å². The number of nitrogens with zero attached hydrogens (tertiary/aromatic N) is 2. The van der Waals surface area contributed by atoms with Gasteiger partial charge < -0.3 is 23.3 Å². The molecule has 1 amide bonds. The van der Waals surface area contributed by atoms with Gasteiger partial charge in [0.05, 0.1) is 6.21 Å². The van der Waals surface area contributed by atoms with Gasteiger partial charge in [-0.05, 0) is 0 Å². The number of hydrogen-bond acceptors (Lipinski definition) is 3. The predicted molar refractivity (Wildman–Crippen MR) is 45.2 cm³/mol. The van der Waals surface area contributed by atoms with E-state index < -0.39 is 5.91 Å². The number of carbonyl (C=O) groups is 1. The van der Waals surface area contributed by atoms with Crippen molar-refractivity contribution >= 4 is 12.1 Å². The number of oxime groups is 1. The molecule has 1 aromatic rings. The molecule has 0 bridgehead atoms. The Morgan fingerprint density at radius 1 is 1.57 bits per heavy atom. The van der Waals surface area contributed by atoms with Gasteiger partial charge in [-0.3, -0.25) is 4.79 Å². The molecule has 0 unspecified atom stereocenters. The molecule has 0 aromatic carbocycles. The average molecular weight is 216 g/mol. The number of aromatic nitrogens is 1. The topological polar surface area (TPSA) is 79.6 Å². The smallest absolute Gasteiger partial charge is 0.283 e. The second-order valence-electron chi connectivity index (χ2n) is 2.51. The van der Waals surface area contributed by atoms with Crippen molar-refractivity contribution in [2.45, 2.75) is 6.54 Å². The quantitative estimate of drug-likeness (QED) is 0.235. The fraction of sp³-hybridized carbons (Fsp3) is 0.125. The molecule has 6 heteroatoms. The van der Waals surface area contributed by atoms with Crippen LogP contribution in [-0.4, -0.2) is 17.3 Å². The van der Waals surface area contributed by atoms with E-state index in [1.54, 1.807) is 29.1 Å². The number of pyridine rings is 1. The van der Waals surface area contributed by atoms with Gasteiger partial charge in [0.25, 0.3) is 5.91 Å². The molecule has 1 aromatic heterocycles. The highest BCUT2D eigenvalue weighted by atomic mass is 35.5. The van der Waals surface area contributed by atoms with Crippen molar-refractivity contribution in [3.05, 3.63) is 30.1 Å². The molecule has 0 saturated heterocycles. The van der Waals surface area contributed by atoms with E-state index in [1.807, 2.05) is 0 Å². The van der Waals surface area contributed by atoms with Gasteiger partial charge >= 0.3 is 0 Å². The summed E-state index contributed by atoms with van der Waals surface area (Å²) in [7, 11) is 0. The van der Waals surface area contributed by atoms with E-state index in [-0.39, 0.29) is 19.0 Å². The van der Waals surface area contributed by atoms with Gasteiger partial charge in [-0.25, -0.2) is 0 Å². The third-order valence-electron chi connectivity index (χ3n) is 1.46. The van der Waals surface area contributed by atoms with E-state index in [4.69, 9.17) is 10.9 Å². The number of amides is 1. The van der Waals surface area contributed by atoms with E-state index in [9.17, 15) is 4.79 Å². The Hall–Kier alpha value is -1.62. The first-order chi connectivity index (χ1) is 6.22. The Morgan fingerprint density at radius 2 is 2.14 bits per heavy atom. The van der Waals surface area contributed by atoms with Crippen LogP contribution in [0, 0.1) is 0 Å². The number of hydrogen-bond donors (Lipinski definition) is 2. The molecular formula is C8H10ClN3O2. The van der Waals surface area contributed by atoms with Crippen molar-refractivity contribution in [2.75, 3.05) is 0 Å². The predicted octanol–water partition coefficient (Wildman–Crippen LogP) is -3.73. The zero-order valence-electron chi connectivity index (χ0n) is 7.30. The number of nitrogens with two attached hydrogens (primary N) is 1. The molecule has 0 aliphatic carbocycles. The fourth-order valence-electron chi connectivity index (χ4n) is 0.907. The molecule has 0 spiro atoms. The third kappa shape index (κ3) is 3.86. The molecule has 0 fully saturated rings. The second-order valence-corrected chi connectivity index (χ2v) is 2.51. The SMILES string of the molecule is NC(=O)C[n+]1ccc(C=NO)cc1.[Cl-]. The zero-order valence-corrected chi connectivity index (χ0v) is 8.05. The summed E-state index contributed by atoms with van der Waals surface area (Å²) in [4.78, 5) is 10.5. The maximum absolute atomic E-state index is 10.5. The molecule has 1 rings (SSSR count). The largest absolute Gasteiger partial charge is 1.00 e. The summed E-state index contributed by atoms with van der Waals surface area (Å²) in [6.07, 6.45) is 4.66. The maximum atomic E-state index is 10.5. The monoisotopic (exact) mass is 215 g/mol. The van der Waals surface area contributed by atoms with E-state index in [2.05, 4.69) is 5.16 Å². The fourth-order valence-corrected chi connectivity index (χ4v) is 0.907. The van der Waals surface area contributed by atoms with Crippen LogP contribution < -0.4 is 22.7 Å².